The first-order valence-corrected chi connectivity index (χ1v) is 8.80. The Labute approximate surface area is 140 Å². The number of fused-ring (bicyclic) bond motifs is 1. The fraction of sp³-hybridized carbons (Fsp3) is 0.529. The molecule has 2 heterocycles. The lowest BCUT2D eigenvalue weighted by atomic mass is 10.1. The summed E-state index contributed by atoms with van der Waals surface area (Å²) in [7, 11) is 0. The van der Waals surface area contributed by atoms with E-state index in [0.29, 0.717) is 5.92 Å². The lowest BCUT2D eigenvalue weighted by Gasteiger charge is -2.24. The number of benzene rings is 1. The molecule has 1 aromatic heterocycles. The molecule has 1 N–H and O–H groups in total. The molecule has 2 aromatic rings. The van der Waals surface area contributed by atoms with Crippen molar-refractivity contribution in [1.82, 2.24) is 9.88 Å². The number of carbonyl (C=O) groups is 1. The summed E-state index contributed by atoms with van der Waals surface area (Å²) in [5, 5.41) is 4.36. The number of nitrogens with zero attached hydrogens (tertiary/aromatic N) is 2. The van der Waals surface area contributed by atoms with Gasteiger partial charge in [0.1, 0.15) is 5.60 Å². The SMILES string of the molecule is CC(C)(C)OC(=O)N1CCC(CNc2nc3ccccc3s2)C1. The average Bonchev–Trinajstić information content (AvgIpc) is 3.09. The highest BCUT2D eigenvalue weighted by atomic mass is 32.1. The summed E-state index contributed by atoms with van der Waals surface area (Å²) >= 11 is 1.67. The largest absolute Gasteiger partial charge is 0.444 e. The predicted octanol–water partition coefficient (Wildman–Crippen LogP) is 3.97. The van der Waals surface area contributed by atoms with Crippen molar-refractivity contribution in [1.29, 1.82) is 0 Å². The minimum absolute atomic E-state index is 0.208. The van der Waals surface area contributed by atoms with Crippen LogP contribution >= 0.6 is 11.3 Å². The number of likely N-dealkylation sites (tertiary alicyclic amines) is 1. The van der Waals surface area contributed by atoms with Crippen LogP contribution in [0.25, 0.3) is 10.2 Å². The Bertz CT molecular complexity index is 659. The number of thiazole rings is 1. The number of rotatable bonds is 3. The summed E-state index contributed by atoms with van der Waals surface area (Å²) in [5.74, 6) is 0.439. The number of hydrogen-bond donors (Lipinski definition) is 1. The number of para-hydroxylation sites is 1. The summed E-state index contributed by atoms with van der Waals surface area (Å²) in [6.07, 6.45) is 0.789. The molecule has 1 fully saturated rings. The third-order valence-corrected chi connectivity index (χ3v) is 4.77. The minimum Gasteiger partial charge on any atom is -0.444 e. The molecule has 0 saturated carbocycles. The first kappa shape index (κ1) is 16.1. The minimum atomic E-state index is -0.436. The average molecular weight is 333 g/mol. The molecule has 5 nitrogen and oxygen atoms in total. The van der Waals surface area contributed by atoms with Gasteiger partial charge in [-0.1, -0.05) is 23.5 Å². The van der Waals surface area contributed by atoms with Gasteiger partial charge in [-0.3, -0.25) is 0 Å². The van der Waals surface area contributed by atoms with E-state index in [1.165, 1.54) is 4.70 Å². The van der Waals surface area contributed by atoms with Crippen LogP contribution < -0.4 is 5.32 Å². The van der Waals surface area contributed by atoms with E-state index < -0.39 is 5.60 Å². The number of amides is 1. The van der Waals surface area contributed by atoms with Gasteiger partial charge in [-0.2, -0.15) is 0 Å². The van der Waals surface area contributed by atoms with Crippen LogP contribution in [0.5, 0.6) is 0 Å². The fourth-order valence-electron chi connectivity index (χ4n) is 2.67. The van der Waals surface area contributed by atoms with Crippen LogP contribution in [0.4, 0.5) is 9.93 Å². The molecule has 0 bridgehead atoms. The summed E-state index contributed by atoms with van der Waals surface area (Å²) in [6.45, 7) is 8.03. The Hall–Kier alpha value is -1.82. The number of nitrogens with one attached hydrogen (secondary N) is 1. The van der Waals surface area contributed by atoms with Gasteiger partial charge in [0.25, 0.3) is 0 Å². The van der Waals surface area contributed by atoms with E-state index in [2.05, 4.69) is 16.4 Å². The van der Waals surface area contributed by atoms with Crippen molar-refractivity contribution in [2.24, 2.45) is 5.92 Å². The zero-order valence-corrected chi connectivity index (χ0v) is 14.7. The van der Waals surface area contributed by atoms with Crippen LogP contribution in [0.1, 0.15) is 27.2 Å². The Balaban J connectivity index is 1.51. The van der Waals surface area contributed by atoms with E-state index in [0.717, 1.165) is 36.7 Å². The molecule has 1 aromatic carbocycles. The molecule has 0 aliphatic carbocycles. The molecule has 1 aliphatic heterocycles. The van der Waals surface area contributed by atoms with Gasteiger partial charge < -0.3 is 15.0 Å². The highest BCUT2D eigenvalue weighted by Crippen LogP contribution is 2.26. The van der Waals surface area contributed by atoms with Gasteiger partial charge in [0, 0.05) is 19.6 Å². The first-order chi connectivity index (χ1) is 10.9. The van der Waals surface area contributed by atoms with Crippen molar-refractivity contribution in [2.75, 3.05) is 25.0 Å². The fourth-order valence-corrected chi connectivity index (χ4v) is 3.54. The molecule has 1 amide bonds. The predicted molar refractivity (Wildman–Crippen MR) is 94.0 cm³/mol. The monoisotopic (exact) mass is 333 g/mol. The lowest BCUT2D eigenvalue weighted by Crippen LogP contribution is -2.35. The van der Waals surface area contributed by atoms with Crippen LogP contribution in [0, 0.1) is 5.92 Å². The lowest BCUT2D eigenvalue weighted by molar-refractivity contribution is 0.0289. The molecular weight excluding hydrogens is 310 g/mol. The quantitative estimate of drug-likeness (QED) is 0.923. The van der Waals surface area contributed by atoms with Gasteiger partial charge in [-0.25, -0.2) is 9.78 Å². The van der Waals surface area contributed by atoms with Gasteiger partial charge in [0.2, 0.25) is 0 Å². The van der Waals surface area contributed by atoms with Crippen LogP contribution in [-0.2, 0) is 4.74 Å². The van der Waals surface area contributed by atoms with Crippen LogP contribution in [0.15, 0.2) is 24.3 Å². The van der Waals surface area contributed by atoms with Crippen molar-refractivity contribution in [3.63, 3.8) is 0 Å². The molecule has 1 aliphatic rings. The van der Waals surface area contributed by atoms with Crippen molar-refractivity contribution in [3.05, 3.63) is 24.3 Å². The standard InChI is InChI=1S/C17H23N3O2S/c1-17(2,3)22-16(21)20-9-8-12(11-20)10-18-15-19-13-6-4-5-7-14(13)23-15/h4-7,12H,8-11H2,1-3H3,(H,18,19). The number of anilines is 1. The molecule has 0 radical (unpaired) electrons. The van der Waals surface area contributed by atoms with E-state index in [-0.39, 0.29) is 6.09 Å². The number of hydrogen-bond acceptors (Lipinski definition) is 5. The Kier molecular flexibility index (Phi) is 4.43. The highest BCUT2D eigenvalue weighted by Gasteiger charge is 2.29. The van der Waals surface area contributed by atoms with Gasteiger partial charge >= 0.3 is 6.09 Å². The number of carbonyl (C=O) groups excluding carboxylic acids is 1. The molecule has 3 rings (SSSR count). The maximum atomic E-state index is 12.1. The third kappa shape index (κ3) is 4.13. The molecule has 124 valence electrons. The van der Waals surface area contributed by atoms with E-state index in [9.17, 15) is 4.79 Å². The van der Waals surface area contributed by atoms with Crippen molar-refractivity contribution >= 4 is 32.8 Å². The highest BCUT2D eigenvalue weighted by molar-refractivity contribution is 7.22. The van der Waals surface area contributed by atoms with Crippen molar-refractivity contribution in [3.8, 4) is 0 Å². The maximum Gasteiger partial charge on any atom is 0.410 e. The van der Waals surface area contributed by atoms with Crippen LogP contribution in [0.3, 0.4) is 0 Å². The zero-order valence-electron chi connectivity index (χ0n) is 13.8. The third-order valence-electron chi connectivity index (χ3n) is 3.77. The van der Waals surface area contributed by atoms with Crippen LogP contribution in [-0.4, -0.2) is 41.2 Å². The van der Waals surface area contributed by atoms with Crippen LogP contribution in [0.2, 0.25) is 0 Å². The Morgan fingerprint density at radius 2 is 2.22 bits per heavy atom. The molecule has 23 heavy (non-hydrogen) atoms. The summed E-state index contributed by atoms with van der Waals surface area (Å²) in [4.78, 5) is 18.5. The summed E-state index contributed by atoms with van der Waals surface area (Å²) < 4.78 is 6.62. The molecule has 1 unspecified atom stereocenters. The molecule has 0 spiro atoms. The maximum absolute atomic E-state index is 12.1. The first-order valence-electron chi connectivity index (χ1n) is 7.98. The van der Waals surface area contributed by atoms with Crippen molar-refractivity contribution in [2.45, 2.75) is 32.8 Å². The van der Waals surface area contributed by atoms with E-state index in [1.807, 2.05) is 39.0 Å². The smallest absolute Gasteiger partial charge is 0.410 e. The molecular formula is C17H23N3O2S. The molecule has 1 saturated heterocycles. The second kappa shape index (κ2) is 6.35. The van der Waals surface area contributed by atoms with E-state index >= 15 is 0 Å². The van der Waals surface area contributed by atoms with Gasteiger partial charge in [0.15, 0.2) is 5.13 Å². The summed E-state index contributed by atoms with van der Waals surface area (Å²) in [5.41, 5.74) is 0.593. The number of aromatic nitrogens is 1. The molecule has 6 heteroatoms. The second-order valence-corrected chi connectivity index (χ2v) is 7.98. The summed E-state index contributed by atoms with van der Waals surface area (Å²) in [6, 6.07) is 8.14. The Morgan fingerprint density at radius 1 is 1.43 bits per heavy atom. The van der Waals surface area contributed by atoms with Crippen molar-refractivity contribution < 1.29 is 9.53 Å². The normalized spacial score (nSPS) is 18.4. The van der Waals surface area contributed by atoms with Gasteiger partial charge in [-0.15, -0.1) is 0 Å². The second-order valence-electron chi connectivity index (χ2n) is 6.95. The number of ether oxygens (including phenoxy) is 1. The van der Waals surface area contributed by atoms with E-state index in [1.54, 1.807) is 16.2 Å². The van der Waals surface area contributed by atoms with Gasteiger partial charge in [-0.05, 0) is 45.2 Å². The zero-order chi connectivity index (χ0) is 16.4. The molecule has 1 atom stereocenters. The van der Waals surface area contributed by atoms with E-state index in [4.69, 9.17) is 4.74 Å². The topological polar surface area (TPSA) is 54.5 Å². The van der Waals surface area contributed by atoms with Gasteiger partial charge in [0.05, 0.1) is 10.2 Å². The Morgan fingerprint density at radius 3 is 2.96 bits per heavy atom.